The Hall–Kier alpha value is 0.0500. The number of hydrogen-bond acceptors (Lipinski definition) is 4. The maximum atomic E-state index is 11.9. The maximum absolute atomic E-state index is 11.9. The molecule has 0 saturated carbocycles. The molecule has 16 heavy (non-hydrogen) atoms. The van der Waals surface area contributed by atoms with Gasteiger partial charge in [0.25, 0.3) is 0 Å². The molecule has 0 aliphatic heterocycles. The summed E-state index contributed by atoms with van der Waals surface area (Å²) in [5.74, 6) is 0. The van der Waals surface area contributed by atoms with Crippen LogP contribution in [0.25, 0.3) is 0 Å². The smallest absolute Gasteiger partial charge is 0.241 e. The molecule has 0 saturated heterocycles. The molecule has 0 spiro atoms. The highest BCUT2D eigenvalue weighted by Crippen LogP contribution is 2.29. The summed E-state index contributed by atoms with van der Waals surface area (Å²) in [7, 11) is -3.39. The number of halogens is 1. The first-order valence-electron chi connectivity index (χ1n) is 4.84. The van der Waals surface area contributed by atoms with Crippen molar-refractivity contribution in [2.75, 3.05) is 6.54 Å². The lowest BCUT2D eigenvalue weighted by Crippen LogP contribution is -2.29. The summed E-state index contributed by atoms with van der Waals surface area (Å²) in [4.78, 5) is 1.12. The molecule has 0 radical (unpaired) electrons. The molecule has 0 unspecified atom stereocenters. The van der Waals surface area contributed by atoms with E-state index in [0.717, 1.165) is 8.66 Å². The summed E-state index contributed by atoms with van der Waals surface area (Å²) < 4.78 is 27.1. The van der Waals surface area contributed by atoms with Crippen molar-refractivity contribution in [1.29, 1.82) is 0 Å². The van der Waals surface area contributed by atoms with Gasteiger partial charge in [0.15, 0.2) is 0 Å². The number of hydrogen-bond donors (Lipinski definition) is 2. The quantitative estimate of drug-likeness (QED) is 0.867. The topological polar surface area (TPSA) is 72.2 Å². The fourth-order valence-corrected chi connectivity index (χ4v) is 4.66. The van der Waals surface area contributed by atoms with Gasteiger partial charge in [0.1, 0.15) is 0 Å². The molecule has 1 rings (SSSR count). The van der Waals surface area contributed by atoms with Crippen LogP contribution < -0.4 is 10.5 Å². The third-order valence-corrected chi connectivity index (χ3v) is 5.29. The fourth-order valence-electron chi connectivity index (χ4n) is 1.20. The van der Waals surface area contributed by atoms with E-state index in [-0.39, 0.29) is 6.04 Å². The third-order valence-electron chi connectivity index (χ3n) is 2.02. The number of rotatable bonds is 5. The first kappa shape index (κ1) is 14.1. The van der Waals surface area contributed by atoms with E-state index < -0.39 is 10.0 Å². The van der Waals surface area contributed by atoms with Crippen molar-refractivity contribution >= 4 is 37.3 Å². The van der Waals surface area contributed by atoms with Crippen molar-refractivity contribution in [3.05, 3.63) is 14.7 Å². The number of thiophene rings is 1. The number of nitrogens with one attached hydrogen (secondary N) is 1. The van der Waals surface area contributed by atoms with E-state index in [0.29, 0.717) is 17.9 Å². The van der Waals surface area contributed by atoms with Crippen molar-refractivity contribution < 1.29 is 8.42 Å². The molecule has 0 aromatic carbocycles. The lowest BCUT2D eigenvalue weighted by Gasteiger charge is -2.07. The Kier molecular flexibility index (Phi) is 4.93. The van der Waals surface area contributed by atoms with Crippen LogP contribution in [0, 0.1) is 6.92 Å². The SMILES string of the molecule is Cc1sc(Br)cc1S(=O)(=O)NCC[C@H](C)N. The monoisotopic (exact) mass is 326 g/mol. The Morgan fingerprint density at radius 2 is 2.25 bits per heavy atom. The predicted octanol–water partition coefficient (Wildman–Crippen LogP) is 1.83. The molecule has 0 amide bonds. The third kappa shape index (κ3) is 3.81. The summed E-state index contributed by atoms with van der Waals surface area (Å²) in [6, 6.07) is 1.62. The molecule has 92 valence electrons. The molecule has 1 aromatic heterocycles. The van der Waals surface area contributed by atoms with Crippen molar-refractivity contribution in [2.45, 2.75) is 31.2 Å². The van der Waals surface area contributed by atoms with Crippen LogP contribution in [0.15, 0.2) is 14.7 Å². The van der Waals surface area contributed by atoms with Gasteiger partial charge in [-0.05, 0) is 42.3 Å². The van der Waals surface area contributed by atoms with E-state index in [1.165, 1.54) is 11.3 Å². The number of sulfonamides is 1. The zero-order chi connectivity index (χ0) is 12.3. The molecule has 1 aromatic rings. The first-order chi connectivity index (χ1) is 7.33. The molecule has 4 nitrogen and oxygen atoms in total. The van der Waals surface area contributed by atoms with Crippen LogP contribution >= 0.6 is 27.3 Å². The average Bonchev–Trinajstić information content (AvgIpc) is 2.44. The second-order valence-corrected chi connectivity index (χ2v) is 8.01. The van der Waals surface area contributed by atoms with Crippen LogP contribution in [0.3, 0.4) is 0 Å². The van der Waals surface area contributed by atoms with E-state index in [9.17, 15) is 8.42 Å². The summed E-state index contributed by atoms with van der Waals surface area (Å²) >= 11 is 4.68. The Morgan fingerprint density at radius 1 is 1.62 bits per heavy atom. The van der Waals surface area contributed by atoms with Crippen molar-refractivity contribution in [3.8, 4) is 0 Å². The molecule has 3 N–H and O–H groups in total. The number of aryl methyl sites for hydroxylation is 1. The lowest BCUT2D eigenvalue weighted by molar-refractivity contribution is 0.571. The van der Waals surface area contributed by atoms with Crippen molar-refractivity contribution in [3.63, 3.8) is 0 Å². The summed E-state index contributed by atoms with van der Waals surface area (Å²) in [6.45, 7) is 4.00. The molecular weight excluding hydrogens is 312 g/mol. The van der Waals surface area contributed by atoms with Crippen LogP contribution in [0.5, 0.6) is 0 Å². The minimum absolute atomic E-state index is 0.00184. The zero-order valence-corrected chi connectivity index (χ0v) is 12.4. The first-order valence-corrected chi connectivity index (χ1v) is 7.93. The van der Waals surface area contributed by atoms with Gasteiger partial charge in [-0.1, -0.05) is 0 Å². The minimum Gasteiger partial charge on any atom is -0.328 e. The van der Waals surface area contributed by atoms with E-state index in [4.69, 9.17) is 5.73 Å². The second kappa shape index (κ2) is 5.59. The van der Waals surface area contributed by atoms with Gasteiger partial charge >= 0.3 is 0 Å². The largest absolute Gasteiger partial charge is 0.328 e. The highest BCUT2D eigenvalue weighted by molar-refractivity contribution is 9.11. The Labute approximate surface area is 108 Å². The van der Waals surface area contributed by atoms with Crippen LogP contribution in [0.1, 0.15) is 18.2 Å². The highest BCUT2D eigenvalue weighted by Gasteiger charge is 2.18. The fraction of sp³-hybridized carbons (Fsp3) is 0.556. The van der Waals surface area contributed by atoms with Gasteiger partial charge in [-0.2, -0.15) is 0 Å². The standard InChI is InChI=1S/C9H15BrN2O2S2/c1-6(11)3-4-12-16(13,14)8-5-9(10)15-7(8)2/h5-6,12H,3-4,11H2,1-2H3/t6-/m0/s1. The zero-order valence-electron chi connectivity index (χ0n) is 9.16. The molecule has 1 heterocycles. The number of nitrogens with two attached hydrogens (primary N) is 1. The van der Waals surface area contributed by atoms with Crippen LogP contribution in [-0.2, 0) is 10.0 Å². The summed E-state index contributed by atoms with van der Waals surface area (Å²) in [5, 5.41) is 0. The Balaban J connectivity index is 2.75. The molecule has 0 fully saturated rings. The van der Waals surface area contributed by atoms with Gasteiger partial charge in [0, 0.05) is 17.5 Å². The van der Waals surface area contributed by atoms with Gasteiger partial charge < -0.3 is 5.73 Å². The summed E-state index contributed by atoms with van der Waals surface area (Å²) in [5.41, 5.74) is 5.55. The Bertz CT molecular complexity index is 454. The van der Waals surface area contributed by atoms with Gasteiger partial charge in [0.2, 0.25) is 10.0 Å². The molecule has 7 heteroatoms. The van der Waals surface area contributed by atoms with Crippen LogP contribution in [0.2, 0.25) is 0 Å². The van der Waals surface area contributed by atoms with E-state index >= 15 is 0 Å². The average molecular weight is 327 g/mol. The van der Waals surface area contributed by atoms with E-state index in [2.05, 4.69) is 20.7 Å². The minimum atomic E-state index is -3.39. The van der Waals surface area contributed by atoms with Gasteiger partial charge in [-0.25, -0.2) is 13.1 Å². The van der Waals surface area contributed by atoms with Crippen molar-refractivity contribution in [2.24, 2.45) is 5.73 Å². The normalized spacial score (nSPS) is 14.0. The lowest BCUT2D eigenvalue weighted by atomic mass is 10.3. The Morgan fingerprint density at radius 3 is 2.69 bits per heavy atom. The van der Waals surface area contributed by atoms with Crippen molar-refractivity contribution in [1.82, 2.24) is 4.72 Å². The summed E-state index contributed by atoms with van der Waals surface area (Å²) in [6.07, 6.45) is 0.629. The van der Waals surface area contributed by atoms with E-state index in [1.54, 1.807) is 13.0 Å². The highest BCUT2D eigenvalue weighted by atomic mass is 79.9. The van der Waals surface area contributed by atoms with Crippen LogP contribution in [0.4, 0.5) is 0 Å². The second-order valence-electron chi connectivity index (χ2n) is 3.63. The molecule has 0 aliphatic rings. The maximum Gasteiger partial charge on any atom is 0.241 e. The van der Waals surface area contributed by atoms with Gasteiger partial charge in [0.05, 0.1) is 8.68 Å². The van der Waals surface area contributed by atoms with Gasteiger partial charge in [-0.15, -0.1) is 11.3 Å². The molecule has 0 bridgehead atoms. The predicted molar refractivity (Wildman–Crippen MR) is 70.2 cm³/mol. The van der Waals surface area contributed by atoms with E-state index in [1.807, 2.05) is 6.92 Å². The van der Waals surface area contributed by atoms with Crippen LogP contribution in [-0.4, -0.2) is 21.0 Å². The molecule has 0 aliphatic carbocycles. The van der Waals surface area contributed by atoms with Gasteiger partial charge in [-0.3, -0.25) is 0 Å². The molecule has 1 atom stereocenters. The molecular formula is C9H15BrN2O2S2.